The largest absolute Gasteiger partial charge is 0.493 e. The quantitative estimate of drug-likeness (QED) is 0.753. The summed E-state index contributed by atoms with van der Waals surface area (Å²) in [6.07, 6.45) is 1.03. The molecule has 3 nitrogen and oxygen atoms in total. The summed E-state index contributed by atoms with van der Waals surface area (Å²) >= 11 is 0. The number of para-hydroxylation sites is 1. The first kappa shape index (κ1) is 9.49. The summed E-state index contributed by atoms with van der Waals surface area (Å²) in [4.78, 5) is 0. The van der Waals surface area contributed by atoms with Crippen LogP contribution in [-0.2, 0) is 6.42 Å². The summed E-state index contributed by atoms with van der Waals surface area (Å²) in [6.45, 7) is 1.21. The molecule has 3 N–H and O–H groups in total. The van der Waals surface area contributed by atoms with Crippen molar-refractivity contribution < 1.29 is 9.84 Å². The van der Waals surface area contributed by atoms with E-state index in [0.29, 0.717) is 13.0 Å². The number of nitrogens with two attached hydrogens (primary N) is 1. The number of hydrogen-bond donors (Lipinski definition) is 2. The first-order valence-corrected chi connectivity index (χ1v) is 4.95. The number of ether oxygens (including phenoxy) is 1. The van der Waals surface area contributed by atoms with Crippen molar-refractivity contribution in [3.05, 3.63) is 29.3 Å². The van der Waals surface area contributed by atoms with Crippen LogP contribution in [0.25, 0.3) is 0 Å². The second-order valence-electron chi connectivity index (χ2n) is 3.53. The molecule has 1 heterocycles. The van der Waals surface area contributed by atoms with Gasteiger partial charge in [-0.15, -0.1) is 0 Å². The molecule has 0 aromatic heterocycles. The van der Waals surface area contributed by atoms with Gasteiger partial charge in [0.05, 0.1) is 12.7 Å². The molecule has 14 heavy (non-hydrogen) atoms. The molecule has 1 atom stereocenters. The standard InChI is InChI=1S/C11H15NO2/c12-6-4-10(13)9-3-1-2-8-5-7-14-11(8)9/h1-3,10,13H,4-7,12H2/t10-/m1/s1. The van der Waals surface area contributed by atoms with Crippen molar-refractivity contribution >= 4 is 0 Å². The van der Waals surface area contributed by atoms with Crippen LogP contribution >= 0.6 is 0 Å². The van der Waals surface area contributed by atoms with E-state index in [1.807, 2.05) is 18.2 Å². The van der Waals surface area contributed by atoms with E-state index < -0.39 is 6.10 Å². The van der Waals surface area contributed by atoms with Crippen molar-refractivity contribution in [3.8, 4) is 5.75 Å². The van der Waals surface area contributed by atoms with E-state index in [4.69, 9.17) is 10.5 Å². The Morgan fingerprint density at radius 2 is 2.36 bits per heavy atom. The molecule has 1 aromatic rings. The number of aliphatic hydroxyl groups excluding tert-OH is 1. The Balaban J connectivity index is 2.29. The van der Waals surface area contributed by atoms with Crippen molar-refractivity contribution in [3.63, 3.8) is 0 Å². The molecule has 0 aliphatic carbocycles. The zero-order chi connectivity index (χ0) is 9.97. The van der Waals surface area contributed by atoms with Gasteiger partial charge in [-0.25, -0.2) is 0 Å². The molecule has 1 aromatic carbocycles. The lowest BCUT2D eigenvalue weighted by Gasteiger charge is -2.13. The first-order valence-electron chi connectivity index (χ1n) is 4.95. The van der Waals surface area contributed by atoms with Gasteiger partial charge in [0.15, 0.2) is 0 Å². The molecule has 0 amide bonds. The van der Waals surface area contributed by atoms with Gasteiger partial charge >= 0.3 is 0 Å². The average molecular weight is 193 g/mol. The second-order valence-corrected chi connectivity index (χ2v) is 3.53. The number of benzene rings is 1. The minimum atomic E-state index is -0.493. The van der Waals surface area contributed by atoms with Crippen molar-refractivity contribution in [2.45, 2.75) is 18.9 Å². The highest BCUT2D eigenvalue weighted by Crippen LogP contribution is 2.34. The van der Waals surface area contributed by atoms with Gasteiger partial charge in [-0.3, -0.25) is 0 Å². The molecule has 0 radical (unpaired) electrons. The van der Waals surface area contributed by atoms with E-state index in [0.717, 1.165) is 24.3 Å². The maximum atomic E-state index is 9.82. The van der Waals surface area contributed by atoms with Crippen LogP contribution in [0.15, 0.2) is 18.2 Å². The summed E-state index contributed by atoms with van der Waals surface area (Å²) in [7, 11) is 0. The van der Waals surface area contributed by atoms with Crippen LogP contribution in [0.1, 0.15) is 23.7 Å². The molecule has 0 saturated heterocycles. The third-order valence-corrected chi connectivity index (χ3v) is 2.54. The Labute approximate surface area is 83.5 Å². The Bertz CT molecular complexity index is 325. The highest BCUT2D eigenvalue weighted by atomic mass is 16.5. The van der Waals surface area contributed by atoms with Crippen LogP contribution in [0.3, 0.4) is 0 Å². The monoisotopic (exact) mass is 193 g/mol. The number of hydrogen-bond acceptors (Lipinski definition) is 3. The van der Waals surface area contributed by atoms with Crippen molar-refractivity contribution in [1.29, 1.82) is 0 Å². The van der Waals surface area contributed by atoms with Gasteiger partial charge in [0.25, 0.3) is 0 Å². The highest BCUT2D eigenvalue weighted by Gasteiger charge is 2.19. The second kappa shape index (κ2) is 3.98. The minimum absolute atomic E-state index is 0.491. The number of aliphatic hydroxyl groups is 1. The number of fused-ring (bicyclic) bond motifs is 1. The summed E-state index contributed by atoms with van der Waals surface area (Å²) in [5, 5.41) is 9.82. The van der Waals surface area contributed by atoms with Gasteiger partial charge in [0.1, 0.15) is 5.75 Å². The van der Waals surface area contributed by atoms with Gasteiger partial charge in [-0.2, -0.15) is 0 Å². The van der Waals surface area contributed by atoms with E-state index in [-0.39, 0.29) is 0 Å². The SMILES string of the molecule is NCC[C@@H](O)c1cccc2c1OCC2. The van der Waals surface area contributed by atoms with Gasteiger partial charge < -0.3 is 15.6 Å². The van der Waals surface area contributed by atoms with Crippen molar-refractivity contribution in [1.82, 2.24) is 0 Å². The lowest BCUT2D eigenvalue weighted by molar-refractivity contribution is 0.165. The molecule has 0 spiro atoms. The lowest BCUT2D eigenvalue weighted by Crippen LogP contribution is -2.07. The van der Waals surface area contributed by atoms with Gasteiger partial charge in [0, 0.05) is 12.0 Å². The topological polar surface area (TPSA) is 55.5 Å². The summed E-state index contributed by atoms with van der Waals surface area (Å²) in [5.74, 6) is 0.869. The fourth-order valence-corrected chi connectivity index (χ4v) is 1.82. The Hall–Kier alpha value is -1.06. The Kier molecular flexibility index (Phi) is 2.70. The number of rotatable bonds is 3. The predicted molar refractivity (Wildman–Crippen MR) is 54.3 cm³/mol. The maximum absolute atomic E-state index is 9.82. The van der Waals surface area contributed by atoms with Crippen LogP contribution < -0.4 is 10.5 Å². The zero-order valence-corrected chi connectivity index (χ0v) is 8.07. The summed E-state index contributed by atoms with van der Waals surface area (Å²) in [6, 6.07) is 5.91. The lowest BCUT2D eigenvalue weighted by atomic mass is 10.0. The molecule has 2 rings (SSSR count). The summed E-state index contributed by atoms with van der Waals surface area (Å²) in [5.41, 5.74) is 7.48. The molecule has 76 valence electrons. The van der Waals surface area contributed by atoms with Gasteiger partial charge in [-0.05, 0) is 18.5 Å². The highest BCUT2D eigenvalue weighted by molar-refractivity contribution is 5.45. The van der Waals surface area contributed by atoms with Crippen molar-refractivity contribution in [2.75, 3.05) is 13.2 Å². The third kappa shape index (κ3) is 1.61. The Morgan fingerprint density at radius 3 is 3.14 bits per heavy atom. The predicted octanol–water partition coefficient (Wildman–Crippen LogP) is 1.00. The van der Waals surface area contributed by atoms with Crippen LogP contribution in [0.4, 0.5) is 0 Å². The van der Waals surface area contributed by atoms with Gasteiger partial charge in [-0.1, -0.05) is 18.2 Å². The van der Waals surface area contributed by atoms with E-state index in [1.165, 1.54) is 5.56 Å². The van der Waals surface area contributed by atoms with E-state index in [1.54, 1.807) is 0 Å². The smallest absolute Gasteiger partial charge is 0.128 e. The average Bonchev–Trinajstić information content (AvgIpc) is 2.65. The Morgan fingerprint density at radius 1 is 1.50 bits per heavy atom. The molecule has 1 aliphatic rings. The van der Waals surface area contributed by atoms with E-state index in [2.05, 4.69) is 0 Å². The molecular formula is C11H15NO2. The zero-order valence-electron chi connectivity index (χ0n) is 8.07. The van der Waals surface area contributed by atoms with Gasteiger partial charge in [0.2, 0.25) is 0 Å². The minimum Gasteiger partial charge on any atom is -0.493 e. The third-order valence-electron chi connectivity index (χ3n) is 2.54. The van der Waals surface area contributed by atoms with Crippen LogP contribution in [0.2, 0.25) is 0 Å². The van der Waals surface area contributed by atoms with Crippen LogP contribution in [0.5, 0.6) is 5.75 Å². The molecule has 0 unspecified atom stereocenters. The molecule has 0 fully saturated rings. The normalized spacial score (nSPS) is 16.1. The molecule has 1 aliphatic heterocycles. The van der Waals surface area contributed by atoms with E-state index in [9.17, 15) is 5.11 Å². The van der Waals surface area contributed by atoms with Crippen LogP contribution in [-0.4, -0.2) is 18.3 Å². The fourth-order valence-electron chi connectivity index (χ4n) is 1.82. The first-order chi connectivity index (χ1) is 6.83. The van der Waals surface area contributed by atoms with E-state index >= 15 is 0 Å². The van der Waals surface area contributed by atoms with Crippen molar-refractivity contribution in [2.24, 2.45) is 5.73 Å². The molecule has 0 saturated carbocycles. The molecular weight excluding hydrogens is 178 g/mol. The fraction of sp³-hybridized carbons (Fsp3) is 0.455. The van der Waals surface area contributed by atoms with Crippen LogP contribution in [0, 0.1) is 0 Å². The molecule has 3 heteroatoms. The maximum Gasteiger partial charge on any atom is 0.128 e. The summed E-state index contributed by atoms with van der Waals surface area (Å²) < 4.78 is 5.50. The molecule has 0 bridgehead atoms.